The molecule has 0 bridgehead atoms. The van der Waals surface area contributed by atoms with Gasteiger partial charge in [-0.25, -0.2) is 13.6 Å². The Morgan fingerprint density at radius 2 is 1.89 bits per heavy atom. The molecule has 1 aromatic carbocycles. The molecule has 1 rings (SSSR count). The zero-order chi connectivity index (χ0) is 15.0. The van der Waals surface area contributed by atoms with E-state index < -0.39 is 21.5 Å². The number of nitrogens with two attached hydrogens (primary N) is 1. The molecule has 0 aliphatic heterocycles. The summed E-state index contributed by atoms with van der Waals surface area (Å²) in [5.74, 6) is -0.424. The van der Waals surface area contributed by atoms with Crippen molar-refractivity contribution in [1.82, 2.24) is 5.32 Å². The zero-order valence-corrected chi connectivity index (χ0v) is 13.8. The predicted octanol–water partition coefficient (Wildman–Crippen LogP) is 2.28. The predicted molar refractivity (Wildman–Crippen MR) is 77.7 cm³/mol. The minimum absolute atomic E-state index is 0.102. The van der Waals surface area contributed by atoms with Crippen molar-refractivity contribution < 1.29 is 13.2 Å². The molecule has 1 aromatic rings. The van der Waals surface area contributed by atoms with E-state index in [-0.39, 0.29) is 20.0 Å². The van der Waals surface area contributed by atoms with Crippen molar-refractivity contribution in [3.8, 4) is 0 Å². The summed E-state index contributed by atoms with van der Waals surface area (Å²) in [6, 6.07) is 2.56. The molecule has 0 heterocycles. The van der Waals surface area contributed by atoms with Gasteiger partial charge in [-0.05, 0) is 48.8 Å². The average molecular weight is 370 g/mol. The molecule has 0 spiro atoms. The molecule has 0 fully saturated rings. The molecule has 0 saturated heterocycles. The molecule has 8 heteroatoms. The smallest absolute Gasteiger partial charge is 0.251 e. The Labute approximate surface area is 125 Å². The van der Waals surface area contributed by atoms with Crippen molar-refractivity contribution in [1.29, 1.82) is 0 Å². The van der Waals surface area contributed by atoms with Gasteiger partial charge in [-0.15, -0.1) is 0 Å². The van der Waals surface area contributed by atoms with Gasteiger partial charge in [0.05, 0.1) is 14.4 Å². The van der Waals surface area contributed by atoms with Crippen LogP contribution in [0.3, 0.4) is 0 Å². The number of amides is 1. The van der Waals surface area contributed by atoms with E-state index in [1.54, 1.807) is 0 Å². The van der Waals surface area contributed by atoms with E-state index in [9.17, 15) is 13.2 Å². The molecule has 19 heavy (non-hydrogen) atoms. The SMILES string of the molecule is CC(C)(C)NC(=O)c1cc(Cl)c(Br)c(S(N)(=O)=O)c1. The standard InChI is InChI=1S/C11H14BrClN2O3S/c1-11(2,3)15-10(16)6-4-7(13)9(12)8(5-6)19(14,17)18/h4-5H,1-3H3,(H,15,16)(H2,14,17,18). The second-order valence-electron chi connectivity index (χ2n) is 5.02. The fourth-order valence-electron chi connectivity index (χ4n) is 1.31. The molecular weight excluding hydrogens is 356 g/mol. The lowest BCUT2D eigenvalue weighted by atomic mass is 10.1. The molecule has 0 atom stereocenters. The first-order chi connectivity index (χ1) is 8.42. The molecule has 0 aliphatic rings. The third-order valence-electron chi connectivity index (χ3n) is 2.05. The fraction of sp³-hybridized carbons (Fsp3) is 0.364. The van der Waals surface area contributed by atoms with Crippen LogP contribution in [0, 0.1) is 0 Å². The van der Waals surface area contributed by atoms with Crippen LogP contribution in [-0.2, 0) is 10.0 Å². The lowest BCUT2D eigenvalue weighted by Crippen LogP contribution is -2.40. The first kappa shape index (κ1) is 16.4. The van der Waals surface area contributed by atoms with Gasteiger partial charge in [0.1, 0.15) is 0 Å². The molecule has 0 aliphatic carbocycles. The largest absolute Gasteiger partial charge is 0.347 e. The van der Waals surface area contributed by atoms with Gasteiger partial charge >= 0.3 is 0 Å². The third-order valence-corrected chi connectivity index (χ3v) is 4.63. The van der Waals surface area contributed by atoms with Crippen LogP contribution in [-0.4, -0.2) is 19.9 Å². The van der Waals surface area contributed by atoms with Crippen molar-refractivity contribution in [2.45, 2.75) is 31.2 Å². The Balaban J connectivity index is 3.33. The maximum Gasteiger partial charge on any atom is 0.251 e. The number of carbonyl (C=O) groups is 1. The average Bonchev–Trinajstić information content (AvgIpc) is 2.17. The molecule has 1 amide bonds. The number of rotatable bonds is 2. The second-order valence-corrected chi connectivity index (χ2v) is 7.75. The van der Waals surface area contributed by atoms with Crippen LogP contribution in [0.5, 0.6) is 0 Å². The van der Waals surface area contributed by atoms with E-state index >= 15 is 0 Å². The molecule has 5 nitrogen and oxygen atoms in total. The van der Waals surface area contributed by atoms with Crippen LogP contribution >= 0.6 is 27.5 Å². The van der Waals surface area contributed by atoms with Crippen LogP contribution in [0.4, 0.5) is 0 Å². The van der Waals surface area contributed by atoms with Gasteiger partial charge in [0, 0.05) is 11.1 Å². The summed E-state index contributed by atoms with van der Waals surface area (Å²) in [6.07, 6.45) is 0. The summed E-state index contributed by atoms with van der Waals surface area (Å²) >= 11 is 8.93. The first-order valence-corrected chi connectivity index (χ1v) is 7.98. The summed E-state index contributed by atoms with van der Waals surface area (Å²) < 4.78 is 23.0. The second kappa shape index (κ2) is 5.40. The Morgan fingerprint density at radius 3 is 2.32 bits per heavy atom. The number of sulfonamides is 1. The van der Waals surface area contributed by atoms with Gasteiger partial charge in [0.2, 0.25) is 10.0 Å². The molecule has 0 saturated carbocycles. The van der Waals surface area contributed by atoms with Gasteiger partial charge in [-0.3, -0.25) is 4.79 Å². The van der Waals surface area contributed by atoms with Crippen molar-refractivity contribution in [3.63, 3.8) is 0 Å². The number of carbonyl (C=O) groups excluding carboxylic acids is 1. The number of hydrogen-bond donors (Lipinski definition) is 2. The Morgan fingerprint density at radius 1 is 1.37 bits per heavy atom. The highest BCUT2D eigenvalue weighted by Crippen LogP contribution is 2.30. The van der Waals surface area contributed by atoms with Crippen LogP contribution < -0.4 is 10.5 Å². The van der Waals surface area contributed by atoms with E-state index in [0.717, 1.165) is 0 Å². The topological polar surface area (TPSA) is 89.3 Å². The summed E-state index contributed by atoms with van der Waals surface area (Å²) in [7, 11) is -3.97. The number of hydrogen-bond acceptors (Lipinski definition) is 3. The number of benzene rings is 1. The molecule has 106 valence electrons. The highest BCUT2D eigenvalue weighted by Gasteiger charge is 2.21. The Bertz CT molecular complexity index is 624. The quantitative estimate of drug-likeness (QED) is 0.838. The summed E-state index contributed by atoms with van der Waals surface area (Å²) in [5.41, 5.74) is -0.314. The van der Waals surface area contributed by atoms with Crippen LogP contribution in [0.1, 0.15) is 31.1 Å². The van der Waals surface area contributed by atoms with Crippen molar-refractivity contribution in [3.05, 3.63) is 27.2 Å². The number of halogens is 2. The first-order valence-electron chi connectivity index (χ1n) is 5.26. The van der Waals surface area contributed by atoms with Crippen molar-refractivity contribution in [2.24, 2.45) is 5.14 Å². The van der Waals surface area contributed by atoms with Gasteiger partial charge in [-0.1, -0.05) is 11.6 Å². The van der Waals surface area contributed by atoms with Crippen LogP contribution in [0.2, 0.25) is 5.02 Å². The number of primary sulfonamides is 1. The molecule has 0 aromatic heterocycles. The molecular formula is C11H14BrClN2O3S. The van der Waals surface area contributed by atoms with E-state index in [1.165, 1.54) is 12.1 Å². The van der Waals surface area contributed by atoms with E-state index in [2.05, 4.69) is 21.2 Å². The van der Waals surface area contributed by atoms with Crippen LogP contribution in [0.15, 0.2) is 21.5 Å². The Kier molecular flexibility index (Phi) is 4.66. The third kappa shape index (κ3) is 4.45. The van der Waals surface area contributed by atoms with E-state index in [0.29, 0.717) is 0 Å². The summed E-state index contributed by atoms with van der Waals surface area (Å²) in [6.45, 7) is 5.43. The lowest BCUT2D eigenvalue weighted by molar-refractivity contribution is 0.0919. The normalized spacial score (nSPS) is 12.3. The van der Waals surface area contributed by atoms with E-state index in [1.807, 2.05) is 20.8 Å². The maximum atomic E-state index is 12.0. The molecule has 0 radical (unpaired) electrons. The highest BCUT2D eigenvalue weighted by molar-refractivity contribution is 9.10. The molecule has 0 unspecified atom stereocenters. The van der Waals surface area contributed by atoms with Gasteiger partial charge in [-0.2, -0.15) is 0 Å². The minimum atomic E-state index is -3.97. The minimum Gasteiger partial charge on any atom is -0.347 e. The maximum absolute atomic E-state index is 12.0. The number of nitrogens with one attached hydrogen (secondary N) is 1. The molecule has 3 N–H and O–H groups in total. The van der Waals surface area contributed by atoms with Gasteiger partial charge < -0.3 is 5.32 Å². The monoisotopic (exact) mass is 368 g/mol. The Hall–Kier alpha value is -0.630. The van der Waals surface area contributed by atoms with Crippen LogP contribution in [0.25, 0.3) is 0 Å². The zero-order valence-electron chi connectivity index (χ0n) is 10.6. The van der Waals surface area contributed by atoms with Gasteiger partial charge in [0.25, 0.3) is 5.91 Å². The fourth-order valence-corrected chi connectivity index (χ4v) is 3.15. The summed E-state index contributed by atoms with van der Waals surface area (Å²) in [4.78, 5) is 11.8. The van der Waals surface area contributed by atoms with Gasteiger partial charge in [0.15, 0.2) is 0 Å². The summed E-state index contributed by atoms with van der Waals surface area (Å²) in [5, 5.41) is 7.89. The van der Waals surface area contributed by atoms with Crippen molar-refractivity contribution in [2.75, 3.05) is 0 Å². The van der Waals surface area contributed by atoms with Crippen molar-refractivity contribution >= 4 is 43.5 Å². The van der Waals surface area contributed by atoms with E-state index in [4.69, 9.17) is 16.7 Å². The lowest BCUT2D eigenvalue weighted by Gasteiger charge is -2.21. The highest BCUT2D eigenvalue weighted by atomic mass is 79.9.